The van der Waals surface area contributed by atoms with Crippen LogP contribution in [0.2, 0.25) is 0 Å². The summed E-state index contributed by atoms with van der Waals surface area (Å²) in [6.45, 7) is 1.01. The van der Waals surface area contributed by atoms with Crippen LogP contribution in [0.1, 0.15) is 34.9 Å². The van der Waals surface area contributed by atoms with Gasteiger partial charge in [0.05, 0.1) is 0 Å². The van der Waals surface area contributed by atoms with Crippen LogP contribution in [0.4, 0.5) is 8.78 Å². The second-order valence-corrected chi connectivity index (χ2v) is 6.42. The van der Waals surface area contributed by atoms with Gasteiger partial charge in [-0.3, -0.25) is 4.79 Å². The van der Waals surface area contributed by atoms with Crippen molar-refractivity contribution in [2.45, 2.75) is 18.8 Å². The molecule has 0 radical (unpaired) electrons. The first-order valence-electron chi connectivity index (χ1n) is 8.60. The zero-order valence-electron chi connectivity index (χ0n) is 14.3. The van der Waals surface area contributed by atoms with Gasteiger partial charge in [-0.15, -0.1) is 0 Å². The van der Waals surface area contributed by atoms with Gasteiger partial charge in [-0.1, -0.05) is 5.16 Å². The predicted octanol–water partition coefficient (Wildman–Crippen LogP) is 3.43. The zero-order valence-corrected chi connectivity index (χ0v) is 14.3. The Morgan fingerprint density at radius 1 is 1.19 bits per heavy atom. The summed E-state index contributed by atoms with van der Waals surface area (Å²) in [4.78, 5) is 22.2. The molecule has 0 aliphatic carbocycles. The van der Waals surface area contributed by atoms with E-state index in [4.69, 9.17) is 4.52 Å². The molecule has 1 aromatic carbocycles. The molecule has 8 heteroatoms. The predicted molar refractivity (Wildman–Crippen MR) is 91.8 cm³/mol. The van der Waals surface area contributed by atoms with Gasteiger partial charge >= 0.3 is 0 Å². The molecule has 0 N–H and O–H groups in total. The van der Waals surface area contributed by atoms with Crippen molar-refractivity contribution in [3.05, 3.63) is 65.7 Å². The lowest BCUT2D eigenvalue weighted by Crippen LogP contribution is -2.39. The second-order valence-electron chi connectivity index (χ2n) is 6.42. The van der Waals surface area contributed by atoms with Crippen molar-refractivity contribution >= 4 is 5.91 Å². The molecule has 0 spiro atoms. The van der Waals surface area contributed by atoms with Crippen molar-refractivity contribution in [2.24, 2.45) is 0 Å². The summed E-state index contributed by atoms with van der Waals surface area (Å²) in [6, 6.07) is 8.42. The fraction of sp³-hybridized carbons (Fsp3) is 0.263. The number of benzene rings is 1. The van der Waals surface area contributed by atoms with Gasteiger partial charge in [0.25, 0.3) is 11.8 Å². The van der Waals surface area contributed by atoms with Crippen LogP contribution >= 0.6 is 0 Å². The number of hydrogen-bond acceptors (Lipinski definition) is 5. The average Bonchev–Trinajstić information content (AvgIpc) is 3.18. The molecule has 1 aliphatic heterocycles. The quantitative estimate of drug-likeness (QED) is 0.661. The van der Waals surface area contributed by atoms with E-state index in [1.165, 1.54) is 24.4 Å². The highest BCUT2D eigenvalue weighted by Gasteiger charge is 2.29. The van der Waals surface area contributed by atoms with E-state index in [0.717, 1.165) is 18.9 Å². The van der Waals surface area contributed by atoms with E-state index in [1.54, 1.807) is 17.0 Å². The topological polar surface area (TPSA) is 72.1 Å². The summed E-state index contributed by atoms with van der Waals surface area (Å²) in [5.74, 6) is -0.531. The molecule has 3 heterocycles. The molecular weight excluding hydrogens is 354 g/mol. The van der Waals surface area contributed by atoms with Crippen LogP contribution in [0.25, 0.3) is 11.5 Å². The summed E-state index contributed by atoms with van der Waals surface area (Å²) < 4.78 is 31.6. The average molecular weight is 370 g/mol. The molecule has 1 amide bonds. The van der Waals surface area contributed by atoms with Crippen molar-refractivity contribution in [2.75, 3.05) is 13.1 Å². The van der Waals surface area contributed by atoms with E-state index in [1.807, 2.05) is 0 Å². The maximum atomic E-state index is 13.3. The highest BCUT2D eigenvalue weighted by molar-refractivity contribution is 5.94. The molecule has 1 atom stereocenters. The van der Waals surface area contributed by atoms with E-state index >= 15 is 0 Å². The molecule has 4 rings (SSSR count). The number of pyridine rings is 1. The first-order chi connectivity index (χ1) is 13.1. The maximum Gasteiger partial charge on any atom is 0.257 e. The summed E-state index contributed by atoms with van der Waals surface area (Å²) in [6.07, 6.45) is 2.87. The maximum absolute atomic E-state index is 13.3. The number of nitrogens with zero attached hydrogens (tertiary/aromatic N) is 4. The fourth-order valence-corrected chi connectivity index (χ4v) is 3.20. The zero-order chi connectivity index (χ0) is 18.8. The Labute approximate surface area is 153 Å². The van der Waals surface area contributed by atoms with Crippen LogP contribution < -0.4 is 0 Å². The number of aromatic nitrogens is 3. The van der Waals surface area contributed by atoms with E-state index in [2.05, 4.69) is 15.1 Å². The van der Waals surface area contributed by atoms with Gasteiger partial charge in [0, 0.05) is 42.4 Å². The molecule has 1 saturated heterocycles. The van der Waals surface area contributed by atoms with Crippen molar-refractivity contribution in [3.63, 3.8) is 0 Å². The smallest absolute Gasteiger partial charge is 0.257 e. The van der Waals surface area contributed by atoms with Gasteiger partial charge in [-0.2, -0.15) is 9.37 Å². The lowest BCUT2D eigenvalue weighted by atomic mass is 9.97. The van der Waals surface area contributed by atoms with Crippen LogP contribution in [-0.2, 0) is 0 Å². The summed E-state index contributed by atoms with van der Waals surface area (Å²) >= 11 is 0. The highest BCUT2D eigenvalue weighted by atomic mass is 19.1. The number of hydrogen-bond donors (Lipinski definition) is 0. The number of rotatable bonds is 3. The molecule has 1 aliphatic rings. The van der Waals surface area contributed by atoms with Crippen molar-refractivity contribution in [1.82, 2.24) is 20.0 Å². The lowest BCUT2D eigenvalue weighted by Gasteiger charge is -2.31. The summed E-state index contributed by atoms with van der Waals surface area (Å²) in [5.41, 5.74) is 0.898. The van der Waals surface area contributed by atoms with Gasteiger partial charge < -0.3 is 9.42 Å². The monoisotopic (exact) mass is 370 g/mol. The van der Waals surface area contributed by atoms with E-state index in [0.29, 0.717) is 30.4 Å². The summed E-state index contributed by atoms with van der Waals surface area (Å²) in [5, 5.41) is 4.03. The number of carbonyl (C=O) groups excluding carboxylic acids is 1. The number of piperidine rings is 1. The van der Waals surface area contributed by atoms with Crippen molar-refractivity contribution in [3.8, 4) is 11.5 Å². The standard InChI is InChI=1S/C19H16F2N4O2/c20-15-5-3-12(4-6-15)18-23-17(24-27-18)14-2-1-9-25(11-14)19(26)13-7-8-22-16(21)10-13/h3-8,10,14H,1-2,9,11H2. The molecule has 27 heavy (non-hydrogen) atoms. The molecular formula is C19H16F2N4O2. The van der Waals surface area contributed by atoms with Crippen molar-refractivity contribution in [1.29, 1.82) is 0 Å². The van der Waals surface area contributed by atoms with Gasteiger partial charge in [0.1, 0.15) is 5.82 Å². The Morgan fingerprint density at radius 2 is 2.00 bits per heavy atom. The molecule has 138 valence electrons. The number of halogens is 2. The Morgan fingerprint density at radius 3 is 2.78 bits per heavy atom. The third-order valence-corrected chi connectivity index (χ3v) is 4.58. The van der Waals surface area contributed by atoms with Gasteiger partial charge in [-0.05, 0) is 43.2 Å². The third kappa shape index (κ3) is 3.69. The lowest BCUT2D eigenvalue weighted by molar-refractivity contribution is 0.0703. The minimum absolute atomic E-state index is 0.0765. The number of amides is 1. The normalized spacial score (nSPS) is 17.1. The van der Waals surface area contributed by atoms with Gasteiger partial charge in [0.15, 0.2) is 5.82 Å². The molecule has 6 nitrogen and oxygen atoms in total. The van der Waals surface area contributed by atoms with Gasteiger partial charge in [0.2, 0.25) is 5.95 Å². The molecule has 3 aromatic rings. The van der Waals surface area contributed by atoms with Crippen LogP contribution in [0.3, 0.4) is 0 Å². The minimum Gasteiger partial charge on any atom is -0.338 e. The molecule has 1 unspecified atom stereocenters. The summed E-state index contributed by atoms with van der Waals surface area (Å²) in [7, 11) is 0. The Kier molecular flexibility index (Phi) is 4.62. The first kappa shape index (κ1) is 17.3. The largest absolute Gasteiger partial charge is 0.338 e. The number of carbonyl (C=O) groups is 1. The Balaban J connectivity index is 1.50. The Hall–Kier alpha value is -3.16. The molecule has 0 bridgehead atoms. The van der Waals surface area contributed by atoms with Crippen LogP contribution in [0.5, 0.6) is 0 Å². The van der Waals surface area contributed by atoms with E-state index in [9.17, 15) is 13.6 Å². The second kappa shape index (κ2) is 7.22. The van der Waals surface area contributed by atoms with Crippen LogP contribution in [-0.4, -0.2) is 39.0 Å². The highest BCUT2D eigenvalue weighted by Crippen LogP contribution is 2.28. The van der Waals surface area contributed by atoms with Crippen LogP contribution in [0.15, 0.2) is 47.1 Å². The minimum atomic E-state index is -0.684. The Bertz CT molecular complexity index is 958. The first-order valence-corrected chi connectivity index (χ1v) is 8.60. The molecule has 2 aromatic heterocycles. The van der Waals surface area contributed by atoms with Crippen LogP contribution in [0, 0.1) is 11.8 Å². The molecule has 0 saturated carbocycles. The van der Waals surface area contributed by atoms with E-state index in [-0.39, 0.29) is 23.2 Å². The van der Waals surface area contributed by atoms with Crippen molar-refractivity contribution < 1.29 is 18.1 Å². The molecule has 1 fully saturated rings. The fourth-order valence-electron chi connectivity index (χ4n) is 3.20. The SMILES string of the molecule is O=C(c1ccnc(F)c1)N1CCCC(c2noc(-c3ccc(F)cc3)n2)C1. The third-order valence-electron chi connectivity index (χ3n) is 4.58. The van der Waals surface area contributed by atoms with E-state index < -0.39 is 5.95 Å². The number of likely N-dealkylation sites (tertiary alicyclic amines) is 1. The van der Waals surface area contributed by atoms with Gasteiger partial charge in [-0.25, -0.2) is 9.37 Å².